The maximum absolute atomic E-state index is 6.14. The fourth-order valence-electron chi connectivity index (χ4n) is 2.39. The molecule has 0 unspecified atom stereocenters. The first-order valence-electron chi connectivity index (χ1n) is 7.85. The fourth-order valence-corrected chi connectivity index (χ4v) is 2.59. The molecule has 0 spiro atoms. The third kappa shape index (κ3) is 3.99. The molecule has 5 nitrogen and oxygen atoms in total. The molecule has 0 aliphatic heterocycles. The molecular weight excluding hydrogens is 324 g/mol. The Hall–Kier alpha value is -2.24. The van der Waals surface area contributed by atoms with Crippen LogP contribution in [0.1, 0.15) is 48.8 Å². The molecule has 0 aliphatic carbocycles. The maximum Gasteiger partial charge on any atom is 0.240 e. The zero-order valence-electron chi connectivity index (χ0n) is 13.6. The Bertz CT molecular complexity index is 788. The summed E-state index contributed by atoms with van der Waals surface area (Å²) in [7, 11) is 0. The fraction of sp³-hybridized carbons (Fsp3) is 0.278. The monoisotopic (exact) mass is 342 g/mol. The summed E-state index contributed by atoms with van der Waals surface area (Å²) in [5.41, 5.74) is 1.94. The van der Waals surface area contributed by atoms with Crippen LogP contribution in [0.25, 0.3) is 0 Å². The number of pyridine rings is 1. The van der Waals surface area contributed by atoms with E-state index < -0.39 is 0 Å². The van der Waals surface area contributed by atoms with Gasteiger partial charge in [0.1, 0.15) is 0 Å². The van der Waals surface area contributed by atoms with Crippen molar-refractivity contribution in [2.75, 3.05) is 0 Å². The summed E-state index contributed by atoms with van der Waals surface area (Å²) < 4.78 is 5.30. The van der Waals surface area contributed by atoms with Gasteiger partial charge in [-0.25, -0.2) is 0 Å². The van der Waals surface area contributed by atoms with Crippen molar-refractivity contribution in [2.24, 2.45) is 0 Å². The van der Waals surface area contributed by atoms with Gasteiger partial charge >= 0.3 is 0 Å². The predicted octanol–water partition coefficient (Wildman–Crippen LogP) is 4.12. The summed E-state index contributed by atoms with van der Waals surface area (Å²) >= 11 is 6.14. The van der Waals surface area contributed by atoms with Gasteiger partial charge in [-0.15, -0.1) is 0 Å². The third-order valence-electron chi connectivity index (χ3n) is 3.62. The molecule has 0 bridgehead atoms. The number of nitrogens with one attached hydrogen (secondary N) is 1. The first kappa shape index (κ1) is 16.6. The average Bonchev–Trinajstić information content (AvgIpc) is 3.05. The van der Waals surface area contributed by atoms with Crippen LogP contribution in [-0.2, 0) is 6.54 Å². The Labute approximate surface area is 146 Å². The van der Waals surface area contributed by atoms with Gasteiger partial charge in [-0.3, -0.25) is 10.3 Å². The van der Waals surface area contributed by atoms with E-state index in [1.54, 1.807) is 6.20 Å². The van der Waals surface area contributed by atoms with Crippen molar-refractivity contribution in [1.82, 2.24) is 20.4 Å². The van der Waals surface area contributed by atoms with E-state index in [4.69, 9.17) is 16.1 Å². The minimum absolute atomic E-state index is 0.112. The summed E-state index contributed by atoms with van der Waals surface area (Å²) in [6.07, 6.45) is 1.78. The van der Waals surface area contributed by atoms with Crippen LogP contribution in [0.2, 0.25) is 5.02 Å². The predicted molar refractivity (Wildman–Crippen MR) is 92.8 cm³/mol. The molecule has 0 aliphatic rings. The Kier molecular flexibility index (Phi) is 5.23. The minimum atomic E-state index is -0.112. The van der Waals surface area contributed by atoms with Crippen molar-refractivity contribution in [1.29, 1.82) is 0 Å². The highest BCUT2D eigenvalue weighted by Crippen LogP contribution is 2.23. The topological polar surface area (TPSA) is 63.8 Å². The Morgan fingerprint density at radius 2 is 2.04 bits per heavy atom. The number of hydrogen-bond acceptors (Lipinski definition) is 5. The van der Waals surface area contributed by atoms with Crippen LogP contribution in [0.5, 0.6) is 0 Å². The summed E-state index contributed by atoms with van der Waals surface area (Å²) in [5, 5.41) is 8.11. The maximum atomic E-state index is 6.14. The SMILES string of the molecule is CC(C)c1noc(CN[C@H](c2cccc(Cl)c2)c2ccccn2)n1. The number of hydrogen-bond donors (Lipinski definition) is 1. The highest BCUT2D eigenvalue weighted by Gasteiger charge is 2.17. The van der Waals surface area contributed by atoms with Gasteiger partial charge in [0, 0.05) is 17.1 Å². The van der Waals surface area contributed by atoms with E-state index in [0.29, 0.717) is 23.3 Å². The molecule has 1 N–H and O–H groups in total. The summed E-state index contributed by atoms with van der Waals surface area (Å²) in [4.78, 5) is 8.86. The van der Waals surface area contributed by atoms with Crippen LogP contribution in [0.15, 0.2) is 53.2 Å². The molecule has 1 aromatic carbocycles. The zero-order chi connectivity index (χ0) is 16.9. The van der Waals surface area contributed by atoms with Gasteiger partial charge in [-0.2, -0.15) is 4.98 Å². The molecule has 0 fully saturated rings. The number of nitrogens with zero attached hydrogens (tertiary/aromatic N) is 3. The molecule has 24 heavy (non-hydrogen) atoms. The number of benzene rings is 1. The molecule has 2 aromatic heterocycles. The van der Waals surface area contributed by atoms with E-state index in [1.165, 1.54) is 0 Å². The first-order chi connectivity index (χ1) is 11.6. The average molecular weight is 343 g/mol. The van der Waals surface area contributed by atoms with Crippen LogP contribution < -0.4 is 5.32 Å². The molecule has 124 valence electrons. The second-order valence-corrected chi connectivity index (χ2v) is 6.26. The van der Waals surface area contributed by atoms with Crippen molar-refractivity contribution < 1.29 is 4.52 Å². The van der Waals surface area contributed by atoms with Crippen molar-refractivity contribution in [2.45, 2.75) is 32.4 Å². The van der Waals surface area contributed by atoms with Crippen molar-refractivity contribution >= 4 is 11.6 Å². The second-order valence-electron chi connectivity index (χ2n) is 5.82. The van der Waals surface area contributed by atoms with Crippen molar-refractivity contribution in [3.63, 3.8) is 0 Å². The standard InChI is InChI=1S/C18H19ClN4O/c1-12(2)18-22-16(24-23-18)11-21-17(15-8-3-4-9-20-15)13-6-5-7-14(19)10-13/h3-10,12,17,21H,11H2,1-2H3/t17-/m1/s1. The molecule has 6 heteroatoms. The van der Waals surface area contributed by atoms with Crippen molar-refractivity contribution in [3.05, 3.63) is 76.7 Å². The summed E-state index contributed by atoms with van der Waals surface area (Å²) in [6, 6.07) is 13.5. The Morgan fingerprint density at radius 1 is 1.17 bits per heavy atom. The molecule has 0 saturated heterocycles. The van der Waals surface area contributed by atoms with Gasteiger partial charge in [0.05, 0.1) is 18.3 Å². The lowest BCUT2D eigenvalue weighted by atomic mass is 10.0. The molecule has 0 radical (unpaired) electrons. The van der Waals surface area contributed by atoms with E-state index in [1.807, 2.05) is 56.3 Å². The molecule has 0 amide bonds. The van der Waals surface area contributed by atoms with Gasteiger partial charge in [0.2, 0.25) is 5.89 Å². The van der Waals surface area contributed by atoms with E-state index in [-0.39, 0.29) is 12.0 Å². The number of aromatic nitrogens is 3. The van der Waals surface area contributed by atoms with E-state index >= 15 is 0 Å². The van der Waals surface area contributed by atoms with Gasteiger partial charge in [-0.1, -0.05) is 48.8 Å². The molecule has 3 aromatic rings. The lowest BCUT2D eigenvalue weighted by Gasteiger charge is -2.18. The summed E-state index contributed by atoms with van der Waals surface area (Å²) in [6.45, 7) is 4.52. The molecule has 1 atom stereocenters. The van der Waals surface area contributed by atoms with Gasteiger partial charge in [0.25, 0.3) is 0 Å². The molecule has 2 heterocycles. The smallest absolute Gasteiger partial charge is 0.240 e. The van der Waals surface area contributed by atoms with Crippen LogP contribution in [0.4, 0.5) is 0 Å². The van der Waals surface area contributed by atoms with Gasteiger partial charge in [0.15, 0.2) is 5.82 Å². The lowest BCUT2D eigenvalue weighted by Crippen LogP contribution is -2.23. The van der Waals surface area contributed by atoms with Crippen LogP contribution in [0, 0.1) is 0 Å². The highest BCUT2D eigenvalue weighted by molar-refractivity contribution is 6.30. The van der Waals surface area contributed by atoms with Crippen LogP contribution in [0.3, 0.4) is 0 Å². The normalized spacial score (nSPS) is 12.5. The lowest BCUT2D eigenvalue weighted by molar-refractivity contribution is 0.356. The molecular formula is C18H19ClN4O. The number of halogens is 1. The number of rotatable bonds is 6. The van der Waals surface area contributed by atoms with Crippen molar-refractivity contribution in [3.8, 4) is 0 Å². The Morgan fingerprint density at radius 3 is 2.71 bits per heavy atom. The van der Waals surface area contributed by atoms with Crippen LogP contribution >= 0.6 is 11.6 Å². The quantitative estimate of drug-likeness (QED) is 0.730. The second kappa shape index (κ2) is 7.55. The zero-order valence-corrected chi connectivity index (χ0v) is 14.4. The van der Waals surface area contributed by atoms with Gasteiger partial charge < -0.3 is 4.52 Å². The van der Waals surface area contributed by atoms with E-state index in [9.17, 15) is 0 Å². The minimum Gasteiger partial charge on any atom is -0.338 e. The Balaban J connectivity index is 1.82. The molecule has 3 rings (SSSR count). The first-order valence-corrected chi connectivity index (χ1v) is 8.23. The van der Waals surface area contributed by atoms with E-state index in [2.05, 4.69) is 20.4 Å². The van der Waals surface area contributed by atoms with Gasteiger partial charge in [-0.05, 0) is 29.8 Å². The molecule has 0 saturated carbocycles. The highest BCUT2D eigenvalue weighted by atomic mass is 35.5. The largest absolute Gasteiger partial charge is 0.338 e. The summed E-state index contributed by atoms with van der Waals surface area (Å²) in [5.74, 6) is 1.51. The van der Waals surface area contributed by atoms with E-state index in [0.717, 1.165) is 11.3 Å². The third-order valence-corrected chi connectivity index (χ3v) is 3.86. The van der Waals surface area contributed by atoms with Crippen LogP contribution in [-0.4, -0.2) is 15.1 Å².